The van der Waals surface area contributed by atoms with E-state index in [2.05, 4.69) is 19.2 Å². The molecule has 1 heterocycles. The molecule has 3 heteroatoms. The van der Waals surface area contributed by atoms with Gasteiger partial charge in [-0.3, -0.25) is 4.79 Å². The third-order valence-corrected chi connectivity index (χ3v) is 3.51. The summed E-state index contributed by atoms with van der Waals surface area (Å²) in [4.78, 5) is 11.6. The first-order valence-corrected chi connectivity index (χ1v) is 6.52. The molecule has 1 saturated heterocycles. The maximum atomic E-state index is 13.9. The van der Waals surface area contributed by atoms with Crippen molar-refractivity contribution in [2.75, 3.05) is 0 Å². The summed E-state index contributed by atoms with van der Waals surface area (Å²) in [5.74, 6) is 0.297. The van der Waals surface area contributed by atoms with Crippen LogP contribution in [-0.4, -0.2) is 11.9 Å². The minimum absolute atomic E-state index is 0.0280. The smallest absolute Gasteiger partial charge is 0.220 e. The van der Waals surface area contributed by atoms with Crippen LogP contribution in [0.25, 0.3) is 0 Å². The predicted molar refractivity (Wildman–Crippen MR) is 69.9 cm³/mol. The lowest BCUT2D eigenvalue weighted by Gasteiger charge is -2.21. The average molecular weight is 249 g/mol. The van der Waals surface area contributed by atoms with Crippen LogP contribution in [0.4, 0.5) is 4.39 Å². The lowest BCUT2D eigenvalue weighted by molar-refractivity contribution is -0.119. The van der Waals surface area contributed by atoms with Crippen molar-refractivity contribution in [3.05, 3.63) is 35.1 Å². The molecule has 98 valence electrons. The molecule has 1 aliphatic rings. The largest absolute Gasteiger partial charge is 0.353 e. The highest BCUT2D eigenvalue weighted by Gasteiger charge is 2.35. The van der Waals surface area contributed by atoms with Gasteiger partial charge < -0.3 is 5.32 Å². The second kappa shape index (κ2) is 5.09. The normalized spacial score (nSPS) is 23.5. The Balaban J connectivity index is 2.29. The Hall–Kier alpha value is -1.38. The van der Waals surface area contributed by atoms with Crippen LogP contribution in [0, 0.1) is 18.7 Å². The molecule has 0 aliphatic carbocycles. The molecular weight excluding hydrogens is 229 g/mol. The maximum Gasteiger partial charge on any atom is 0.220 e. The minimum atomic E-state index is -0.198. The van der Waals surface area contributed by atoms with Crippen LogP contribution in [0.5, 0.6) is 0 Å². The van der Waals surface area contributed by atoms with Crippen LogP contribution < -0.4 is 5.32 Å². The first kappa shape index (κ1) is 13.1. The first-order valence-electron chi connectivity index (χ1n) is 6.52. The van der Waals surface area contributed by atoms with Gasteiger partial charge in [0.2, 0.25) is 5.91 Å². The van der Waals surface area contributed by atoms with Gasteiger partial charge in [-0.25, -0.2) is 4.39 Å². The fourth-order valence-corrected chi connectivity index (χ4v) is 2.71. The van der Waals surface area contributed by atoms with Crippen LogP contribution in [0.2, 0.25) is 0 Å². The molecule has 1 aliphatic heterocycles. The Morgan fingerprint density at radius 1 is 1.44 bits per heavy atom. The van der Waals surface area contributed by atoms with Crippen molar-refractivity contribution in [1.82, 2.24) is 5.32 Å². The summed E-state index contributed by atoms with van der Waals surface area (Å²) < 4.78 is 13.9. The molecular formula is C15H20FNO. The molecule has 0 bridgehead atoms. The minimum Gasteiger partial charge on any atom is -0.353 e. The second-order valence-corrected chi connectivity index (χ2v) is 5.64. The zero-order valence-corrected chi connectivity index (χ0v) is 11.2. The number of carbonyl (C=O) groups excluding carboxylic acids is 1. The molecule has 18 heavy (non-hydrogen) atoms. The predicted octanol–water partition coefficient (Wildman–Crippen LogP) is 3.15. The maximum absolute atomic E-state index is 13.9. The number of halogens is 1. The van der Waals surface area contributed by atoms with Crippen LogP contribution >= 0.6 is 0 Å². The molecule has 1 aromatic carbocycles. The summed E-state index contributed by atoms with van der Waals surface area (Å²) in [5, 5.41) is 2.97. The van der Waals surface area contributed by atoms with E-state index >= 15 is 0 Å². The van der Waals surface area contributed by atoms with Crippen LogP contribution in [-0.2, 0) is 4.79 Å². The van der Waals surface area contributed by atoms with Crippen molar-refractivity contribution in [2.45, 2.75) is 45.6 Å². The molecule has 1 amide bonds. The second-order valence-electron chi connectivity index (χ2n) is 5.64. The van der Waals surface area contributed by atoms with Crippen LogP contribution in [0.3, 0.4) is 0 Å². The van der Waals surface area contributed by atoms with E-state index in [-0.39, 0.29) is 23.7 Å². The van der Waals surface area contributed by atoms with Gasteiger partial charge in [0.15, 0.2) is 0 Å². The quantitative estimate of drug-likeness (QED) is 0.876. The van der Waals surface area contributed by atoms with Crippen LogP contribution in [0.1, 0.15) is 43.7 Å². The zero-order valence-electron chi connectivity index (χ0n) is 11.2. The summed E-state index contributed by atoms with van der Waals surface area (Å²) in [7, 11) is 0. The summed E-state index contributed by atoms with van der Waals surface area (Å²) >= 11 is 0. The standard InChI is InChI=1S/C15H20FNO/c1-9(2)6-14-12(8-15(18)17-14)11-7-10(3)4-5-13(11)16/h4-5,7,9,12,14H,6,8H2,1-3H3,(H,17,18). The third-order valence-electron chi connectivity index (χ3n) is 3.51. The number of amides is 1. The number of carbonyl (C=O) groups is 1. The SMILES string of the molecule is Cc1ccc(F)c(C2CC(=O)NC2CC(C)C)c1. The van der Waals surface area contributed by atoms with Gasteiger partial charge in [0, 0.05) is 18.4 Å². The van der Waals surface area contributed by atoms with Gasteiger partial charge in [-0.2, -0.15) is 0 Å². The molecule has 0 spiro atoms. The van der Waals surface area contributed by atoms with Gasteiger partial charge in [0.05, 0.1) is 0 Å². The van der Waals surface area contributed by atoms with Crippen molar-refractivity contribution in [1.29, 1.82) is 0 Å². The zero-order chi connectivity index (χ0) is 13.3. The van der Waals surface area contributed by atoms with E-state index in [9.17, 15) is 9.18 Å². The molecule has 0 radical (unpaired) electrons. The lowest BCUT2D eigenvalue weighted by Crippen LogP contribution is -2.30. The van der Waals surface area contributed by atoms with E-state index in [4.69, 9.17) is 0 Å². The number of hydrogen-bond acceptors (Lipinski definition) is 1. The Bertz CT molecular complexity index is 456. The van der Waals surface area contributed by atoms with E-state index in [0.29, 0.717) is 17.9 Å². The molecule has 0 aromatic heterocycles. The fraction of sp³-hybridized carbons (Fsp3) is 0.533. The Morgan fingerprint density at radius 3 is 2.83 bits per heavy atom. The number of rotatable bonds is 3. The highest BCUT2D eigenvalue weighted by atomic mass is 19.1. The number of hydrogen-bond donors (Lipinski definition) is 1. The summed E-state index contributed by atoms with van der Waals surface area (Å²) in [6, 6.07) is 5.20. The monoisotopic (exact) mass is 249 g/mol. The van der Waals surface area contributed by atoms with Crippen molar-refractivity contribution in [2.24, 2.45) is 5.92 Å². The van der Waals surface area contributed by atoms with Gasteiger partial charge in [-0.15, -0.1) is 0 Å². The molecule has 1 N–H and O–H groups in total. The summed E-state index contributed by atoms with van der Waals surface area (Å²) in [6.07, 6.45) is 1.29. The highest BCUT2D eigenvalue weighted by Crippen LogP contribution is 2.33. The lowest BCUT2D eigenvalue weighted by atomic mass is 9.86. The molecule has 2 rings (SSSR count). The molecule has 1 aromatic rings. The van der Waals surface area contributed by atoms with Crippen molar-refractivity contribution in [3.63, 3.8) is 0 Å². The van der Waals surface area contributed by atoms with Gasteiger partial charge in [0.1, 0.15) is 5.82 Å². The van der Waals surface area contributed by atoms with E-state index in [1.165, 1.54) is 6.07 Å². The Kier molecular flexibility index (Phi) is 3.69. The van der Waals surface area contributed by atoms with E-state index in [1.807, 2.05) is 13.0 Å². The molecule has 2 nitrogen and oxygen atoms in total. The third kappa shape index (κ3) is 2.71. The Morgan fingerprint density at radius 2 is 2.17 bits per heavy atom. The summed E-state index contributed by atoms with van der Waals surface area (Å²) in [5.41, 5.74) is 1.72. The van der Waals surface area contributed by atoms with Crippen molar-refractivity contribution < 1.29 is 9.18 Å². The summed E-state index contributed by atoms with van der Waals surface area (Å²) in [6.45, 7) is 6.19. The number of nitrogens with one attached hydrogen (secondary N) is 1. The van der Waals surface area contributed by atoms with E-state index < -0.39 is 0 Å². The van der Waals surface area contributed by atoms with Gasteiger partial charge >= 0.3 is 0 Å². The highest BCUT2D eigenvalue weighted by molar-refractivity contribution is 5.80. The van der Waals surface area contributed by atoms with Crippen molar-refractivity contribution in [3.8, 4) is 0 Å². The van der Waals surface area contributed by atoms with Gasteiger partial charge in [0.25, 0.3) is 0 Å². The van der Waals surface area contributed by atoms with E-state index in [1.54, 1.807) is 6.07 Å². The van der Waals surface area contributed by atoms with Crippen molar-refractivity contribution >= 4 is 5.91 Å². The van der Waals surface area contributed by atoms with Gasteiger partial charge in [-0.1, -0.05) is 31.5 Å². The number of aryl methyl sites for hydroxylation is 1. The average Bonchev–Trinajstić information content (AvgIpc) is 2.62. The molecule has 2 unspecified atom stereocenters. The molecule has 2 atom stereocenters. The number of benzene rings is 1. The fourth-order valence-electron chi connectivity index (χ4n) is 2.71. The first-order chi connectivity index (χ1) is 8.47. The van der Waals surface area contributed by atoms with E-state index in [0.717, 1.165) is 12.0 Å². The topological polar surface area (TPSA) is 29.1 Å². The van der Waals surface area contributed by atoms with Crippen LogP contribution in [0.15, 0.2) is 18.2 Å². The van der Waals surface area contributed by atoms with Gasteiger partial charge in [-0.05, 0) is 30.9 Å². The Labute approximate surface area is 108 Å². The molecule has 1 fully saturated rings. The molecule has 0 saturated carbocycles.